The maximum Gasteiger partial charge on any atom is 0.328 e. The molecule has 0 spiro atoms. The van der Waals surface area contributed by atoms with Crippen LogP contribution in [0, 0.1) is 12.8 Å². The summed E-state index contributed by atoms with van der Waals surface area (Å²) in [5.74, 6) is -0.410. The predicted octanol–water partition coefficient (Wildman–Crippen LogP) is 4.17. The molecule has 0 radical (unpaired) electrons. The largest absolute Gasteiger partial charge is 0.478 e. The molecule has 1 aromatic rings. The van der Waals surface area contributed by atoms with Crippen molar-refractivity contribution in [3.05, 3.63) is 41.0 Å². The quantitative estimate of drug-likeness (QED) is 0.826. The van der Waals surface area contributed by atoms with Gasteiger partial charge in [-0.05, 0) is 53.4 Å². The monoisotopic (exact) mass is 258 g/mol. The fraction of sp³-hybridized carbons (Fsp3) is 0.471. The van der Waals surface area contributed by atoms with Crippen molar-refractivity contribution < 1.29 is 9.90 Å². The van der Waals surface area contributed by atoms with E-state index in [9.17, 15) is 4.79 Å². The van der Waals surface area contributed by atoms with E-state index in [0.29, 0.717) is 5.92 Å². The van der Waals surface area contributed by atoms with Crippen molar-refractivity contribution in [2.24, 2.45) is 5.92 Å². The molecule has 1 N–H and O–H groups in total. The first-order chi connectivity index (χ1) is 8.79. The van der Waals surface area contributed by atoms with Crippen LogP contribution in [-0.2, 0) is 10.2 Å². The summed E-state index contributed by atoms with van der Waals surface area (Å²) in [5, 5.41) is 9.07. The van der Waals surface area contributed by atoms with Crippen molar-refractivity contribution in [1.82, 2.24) is 0 Å². The Labute approximate surface area is 115 Å². The van der Waals surface area contributed by atoms with Crippen molar-refractivity contribution in [3.63, 3.8) is 0 Å². The van der Waals surface area contributed by atoms with Crippen LogP contribution in [0.1, 0.15) is 50.3 Å². The highest BCUT2D eigenvalue weighted by molar-refractivity contribution is 5.91. The van der Waals surface area contributed by atoms with Gasteiger partial charge in [0.15, 0.2) is 0 Å². The van der Waals surface area contributed by atoms with Gasteiger partial charge in [-0.25, -0.2) is 4.79 Å². The second-order valence-corrected chi connectivity index (χ2v) is 6.49. The Morgan fingerprint density at radius 3 is 2.42 bits per heavy atom. The van der Waals surface area contributed by atoms with Crippen LogP contribution in [0.3, 0.4) is 0 Å². The van der Waals surface area contributed by atoms with Crippen molar-refractivity contribution in [2.45, 2.75) is 46.0 Å². The van der Waals surface area contributed by atoms with Crippen LogP contribution in [0.2, 0.25) is 0 Å². The highest BCUT2D eigenvalue weighted by Crippen LogP contribution is 2.43. The summed E-state index contributed by atoms with van der Waals surface area (Å²) in [7, 11) is 0. The van der Waals surface area contributed by atoms with Crippen LogP contribution >= 0.6 is 0 Å². The highest BCUT2D eigenvalue weighted by Gasteiger charge is 2.29. The van der Waals surface area contributed by atoms with E-state index < -0.39 is 5.97 Å². The van der Waals surface area contributed by atoms with E-state index in [-0.39, 0.29) is 5.41 Å². The third-order valence-corrected chi connectivity index (χ3v) is 3.71. The Bertz CT molecular complexity index is 529. The number of carbonyl (C=O) groups is 1. The third-order valence-electron chi connectivity index (χ3n) is 3.71. The number of hydrogen-bond donors (Lipinski definition) is 1. The Hall–Kier alpha value is -1.57. The van der Waals surface area contributed by atoms with Crippen LogP contribution in [0.15, 0.2) is 24.3 Å². The van der Waals surface area contributed by atoms with Crippen LogP contribution < -0.4 is 0 Å². The van der Waals surface area contributed by atoms with Crippen LogP contribution in [0.4, 0.5) is 0 Å². The summed E-state index contributed by atoms with van der Waals surface area (Å²) in [6.45, 7) is 8.59. The molecule has 0 bridgehead atoms. The summed E-state index contributed by atoms with van der Waals surface area (Å²) >= 11 is 0. The molecule has 0 aliphatic heterocycles. The van der Waals surface area contributed by atoms with E-state index in [1.807, 2.05) is 0 Å². The van der Waals surface area contributed by atoms with E-state index in [1.165, 1.54) is 11.6 Å². The molecule has 102 valence electrons. The Morgan fingerprint density at radius 2 is 1.95 bits per heavy atom. The summed E-state index contributed by atoms with van der Waals surface area (Å²) in [6.07, 6.45) is 3.61. The first-order valence-electron chi connectivity index (χ1n) is 6.85. The van der Waals surface area contributed by atoms with E-state index in [0.717, 1.165) is 29.5 Å². The maximum absolute atomic E-state index is 11.0. The molecule has 0 amide bonds. The minimum atomic E-state index is -0.845. The molecule has 0 atom stereocenters. The van der Waals surface area contributed by atoms with Gasteiger partial charge in [0.25, 0.3) is 0 Å². The number of carboxylic acids is 1. The number of rotatable bonds is 3. The number of aliphatic carboxylic acids is 1. The third kappa shape index (κ3) is 3.25. The van der Waals surface area contributed by atoms with E-state index in [4.69, 9.17) is 5.11 Å². The van der Waals surface area contributed by atoms with Crippen molar-refractivity contribution in [2.75, 3.05) is 0 Å². The van der Waals surface area contributed by atoms with E-state index in [2.05, 4.69) is 45.9 Å². The molecule has 0 unspecified atom stereocenters. The topological polar surface area (TPSA) is 37.3 Å². The summed E-state index contributed by atoms with van der Waals surface area (Å²) in [6, 6.07) is 6.42. The Morgan fingerprint density at radius 1 is 1.32 bits per heavy atom. The molecule has 2 nitrogen and oxygen atoms in total. The standard InChI is InChI=1S/C17H22O2/c1-11-5-8-13(17(2,3)4)9-14(11)15(10-16(18)19)12-6-7-12/h5,8-10,12H,6-7H2,1-4H3,(H,18,19)/b15-10+. The minimum Gasteiger partial charge on any atom is -0.478 e. The Balaban J connectivity index is 2.50. The number of hydrogen-bond acceptors (Lipinski definition) is 1. The maximum atomic E-state index is 11.0. The van der Waals surface area contributed by atoms with Gasteiger partial charge >= 0.3 is 5.97 Å². The van der Waals surface area contributed by atoms with Gasteiger partial charge in [-0.15, -0.1) is 0 Å². The molecule has 2 heteroatoms. The van der Waals surface area contributed by atoms with Gasteiger partial charge in [0.05, 0.1) is 0 Å². The molecular formula is C17H22O2. The van der Waals surface area contributed by atoms with E-state index in [1.54, 1.807) is 0 Å². The number of aryl methyl sites for hydroxylation is 1. The average molecular weight is 258 g/mol. The van der Waals surface area contributed by atoms with Crippen molar-refractivity contribution in [1.29, 1.82) is 0 Å². The van der Waals surface area contributed by atoms with Gasteiger partial charge in [0.1, 0.15) is 0 Å². The van der Waals surface area contributed by atoms with Gasteiger partial charge in [0, 0.05) is 6.08 Å². The number of carboxylic acid groups (broad SMARTS) is 1. The van der Waals surface area contributed by atoms with Gasteiger partial charge in [0.2, 0.25) is 0 Å². The lowest BCUT2D eigenvalue weighted by Gasteiger charge is -2.21. The lowest BCUT2D eigenvalue weighted by Crippen LogP contribution is -2.12. The van der Waals surface area contributed by atoms with Crippen LogP contribution in [0.5, 0.6) is 0 Å². The zero-order chi connectivity index (χ0) is 14.2. The first-order valence-corrected chi connectivity index (χ1v) is 6.85. The molecule has 0 heterocycles. The smallest absolute Gasteiger partial charge is 0.328 e. The normalized spacial score (nSPS) is 16.5. The molecule has 2 rings (SSSR count). The molecule has 19 heavy (non-hydrogen) atoms. The lowest BCUT2D eigenvalue weighted by atomic mass is 9.83. The summed E-state index contributed by atoms with van der Waals surface area (Å²) < 4.78 is 0. The predicted molar refractivity (Wildman–Crippen MR) is 78.2 cm³/mol. The molecule has 1 aliphatic carbocycles. The zero-order valence-electron chi connectivity index (χ0n) is 12.2. The molecule has 0 saturated heterocycles. The molecular weight excluding hydrogens is 236 g/mol. The second-order valence-electron chi connectivity index (χ2n) is 6.49. The van der Waals surface area contributed by atoms with Gasteiger partial charge in [-0.3, -0.25) is 0 Å². The fourth-order valence-electron chi connectivity index (χ4n) is 2.34. The summed E-state index contributed by atoms with van der Waals surface area (Å²) in [4.78, 5) is 11.0. The minimum absolute atomic E-state index is 0.0837. The highest BCUT2D eigenvalue weighted by atomic mass is 16.4. The fourth-order valence-corrected chi connectivity index (χ4v) is 2.34. The van der Waals surface area contributed by atoms with Gasteiger partial charge in [-0.2, -0.15) is 0 Å². The summed E-state index contributed by atoms with van der Waals surface area (Å²) in [5.41, 5.74) is 4.60. The average Bonchev–Trinajstić information content (AvgIpc) is 3.08. The molecule has 0 aromatic heterocycles. The van der Waals surface area contributed by atoms with Gasteiger partial charge < -0.3 is 5.11 Å². The molecule has 1 saturated carbocycles. The number of allylic oxidation sites excluding steroid dienone is 1. The van der Waals surface area contributed by atoms with Crippen molar-refractivity contribution in [3.8, 4) is 0 Å². The van der Waals surface area contributed by atoms with Crippen molar-refractivity contribution >= 4 is 11.5 Å². The number of benzene rings is 1. The molecule has 1 fully saturated rings. The zero-order valence-corrected chi connectivity index (χ0v) is 12.2. The lowest BCUT2D eigenvalue weighted by molar-refractivity contribution is -0.131. The first kappa shape index (κ1) is 13.9. The molecule has 1 aliphatic rings. The second kappa shape index (κ2) is 4.84. The van der Waals surface area contributed by atoms with Crippen LogP contribution in [0.25, 0.3) is 5.57 Å². The van der Waals surface area contributed by atoms with Gasteiger partial charge in [-0.1, -0.05) is 39.0 Å². The molecule has 1 aromatic carbocycles. The Kier molecular flexibility index (Phi) is 3.53. The SMILES string of the molecule is Cc1ccc(C(C)(C)C)cc1/C(=C/C(=O)O)C1CC1. The van der Waals surface area contributed by atoms with E-state index >= 15 is 0 Å². The van der Waals surface area contributed by atoms with Crippen LogP contribution in [-0.4, -0.2) is 11.1 Å².